The zero-order valence-electron chi connectivity index (χ0n) is 10.5. The van der Waals surface area contributed by atoms with Gasteiger partial charge in [0.15, 0.2) is 0 Å². The van der Waals surface area contributed by atoms with Crippen LogP contribution < -0.4 is 0 Å². The minimum atomic E-state index is -1.91. The van der Waals surface area contributed by atoms with Gasteiger partial charge in [-0.15, -0.1) is 0 Å². The van der Waals surface area contributed by atoms with Crippen molar-refractivity contribution >= 4 is 5.97 Å². The molecular formula is C10H18O2. The molecule has 0 aromatic heterocycles. The van der Waals surface area contributed by atoms with E-state index in [1.807, 2.05) is 6.92 Å². The Morgan fingerprint density at radius 1 is 1.58 bits per heavy atom. The normalized spacial score (nSPS) is 15.2. The molecule has 0 saturated heterocycles. The molecule has 0 aliphatic heterocycles. The molecule has 0 atom stereocenters. The van der Waals surface area contributed by atoms with E-state index in [9.17, 15) is 4.79 Å². The van der Waals surface area contributed by atoms with Gasteiger partial charge in [0.05, 0.1) is 6.61 Å². The number of hydrogen-bond donors (Lipinski definition) is 0. The second-order valence-electron chi connectivity index (χ2n) is 2.43. The summed E-state index contributed by atoms with van der Waals surface area (Å²) < 4.78 is 25.7. The van der Waals surface area contributed by atoms with Crippen LogP contribution in [0.4, 0.5) is 0 Å². The second-order valence-corrected chi connectivity index (χ2v) is 2.43. The van der Waals surface area contributed by atoms with Gasteiger partial charge in [0.2, 0.25) is 0 Å². The molecule has 2 nitrogen and oxygen atoms in total. The first-order valence-electron chi connectivity index (χ1n) is 5.76. The van der Waals surface area contributed by atoms with Crippen molar-refractivity contribution in [1.29, 1.82) is 0 Å². The summed E-state index contributed by atoms with van der Waals surface area (Å²) in [6.07, 6.45) is 5.19. The van der Waals surface area contributed by atoms with E-state index in [2.05, 4.69) is 0 Å². The Morgan fingerprint density at radius 3 is 3.08 bits per heavy atom. The molecule has 12 heavy (non-hydrogen) atoms. The van der Waals surface area contributed by atoms with Crippen LogP contribution in [0, 0.1) is 0 Å². The Kier molecular flexibility index (Phi) is 4.64. The third-order valence-electron chi connectivity index (χ3n) is 1.29. The zero-order chi connectivity index (χ0) is 11.7. The zero-order valence-corrected chi connectivity index (χ0v) is 7.51. The lowest BCUT2D eigenvalue weighted by Gasteiger charge is -2.00. The summed E-state index contributed by atoms with van der Waals surface area (Å²) in [6, 6.07) is 0. The lowest BCUT2D eigenvalue weighted by Crippen LogP contribution is -2.04. The average Bonchev–Trinajstić information content (AvgIpc) is 2.09. The van der Waals surface area contributed by atoms with Crippen LogP contribution >= 0.6 is 0 Å². The smallest absolute Gasteiger partial charge is 0.305 e. The maximum Gasteiger partial charge on any atom is 0.305 e. The van der Waals surface area contributed by atoms with Gasteiger partial charge in [-0.2, -0.15) is 0 Å². The van der Waals surface area contributed by atoms with Gasteiger partial charge in [0.1, 0.15) is 0 Å². The highest BCUT2D eigenvalue weighted by molar-refractivity contribution is 5.69. The van der Waals surface area contributed by atoms with E-state index >= 15 is 0 Å². The molecule has 0 unspecified atom stereocenters. The summed E-state index contributed by atoms with van der Waals surface area (Å²) >= 11 is 0. The van der Waals surface area contributed by atoms with Gasteiger partial charge < -0.3 is 4.74 Å². The van der Waals surface area contributed by atoms with Crippen LogP contribution in [0.3, 0.4) is 0 Å². The van der Waals surface area contributed by atoms with E-state index in [-0.39, 0.29) is 12.4 Å². The number of rotatable bonds is 6. The Bertz CT molecular complexity index is 209. The summed E-state index contributed by atoms with van der Waals surface area (Å²) in [6.45, 7) is 0.337. The molecule has 0 radical (unpaired) electrons. The summed E-state index contributed by atoms with van der Waals surface area (Å²) in [4.78, 5) is 10.9. The van der Waals surface area contributed by atoms with Crippen molar-refractivity contribution in [2.24, 2.45) is 0 Å². The molecule has 0 heterocycles. The third kappa shape index (κ3) is 7.32. The Balaban J connectivity index is 3.42. The molecule has 0 aliphatic carbocycles. The van der Waals surface area contributed by atoms with Crippen LogP contribution in [0.1, 0.15) is 43.6 Å². The molecule has 0 rings (SSSR count). The van der Waals surface area contributed by atoms with Gasteiger partial charge in [0.25, 0.3) is 0 Å². The lowest BCUT2D eigenvalue weighted by molar-refractivity contribution is -0.143. The van der Waals surface area contributed by atoms with Crippen LogP contribution in [0.5, 0.6) is 0 Å². The molecule has 0 spiro atoms. The summed E-state index contributed by atoms with van der Waals surface area (Å²) in [5.41, 5.74) is 0. The maximum absolute atomic E-state index is 10.9. The molecule has 70 valence electrons. The first-order chi connectivity index (χ1) is 6.95. The van der Waals surface area contributed by atoms with Crippen LogP contribution in [0.15, 0.2) is 12.2 Å². The predicted octanol–water partition coefficient (Wildman–Crippen LogP) is 2.69. The second kappa shape index (κ2) is 8.31. The van der Waals surface area contributed by atoms with Crippen LogP contribution in [-0.4, -0.2) is 12.6 Å². The highest BCUT2D eigenvalue weighted by Gasteiger charge is 1.97. The highest BCUT2D eigenvalue weighted by atomic mass is 16.5. The minimum Gasteiger partial charge on any atom is -0.465 e. The maximum atomic E-state index is 10.9. The first-order valence-corrected chi connectivity index (χ1v) is 4.26. The topological polar surface area (TPSA) is 26.3 Å². The SMILES string of the molecule is [2H]C([2H])([2H])C/C=C/CCOC(=O)CCC. The van der Waals surface area contributed by atoms with Crippen molar-refractivity contribution in [1.82, 2.24) is 0 Å². The highest BCUT2D eigenvalue weighted by Crippen LogP contribution is 1.93. The molecule has 0 bridgehead atoms. The Hall–Kier alpha value is -0.790. The molecule has 0 N–H and O–H groups in total. The number of allylic oxidation sites excluding steroid dienone is 1. The number of ether oxygens (including phenoxy) is 1. The standard InChI is InChI=1S/C10H18O2/c1-3-5-6-7-9-12-10(11)8-4-2/h5-6H,3-4,7-9H2,1-2H3/b6-5+/i1D3. The molecule has 0 aromatic rings. The van der Waals surface area contributed by atoms with Gasteiger partial charge in [-0.05, 0) is 19.3 Å². The summed E-state index contributed by atoms with van der Waals surface area (Å²) in [5.74, 6) is -0.193. The van der Waals surface area contributed by atoms with Crippen molar-refractivity contribution < 1.29 is 13.6 Å². The molecule has 0 saturated carbocycles. The van der Waals surface area contributed by atoms with Gasteiger partial charge in [-0.3, -0.25) is 4.79 Å². The minimum absolute atomic E-state index is 0.0654. The van der Waals surface area contributed by atoms with E-state index in [1.165, 1.54) is 0 Å². The average molecular weight is 173 g/mol. The fourth-order valence-electron chi connectivity index (χ4n) is 0.718. The molecule has 0 aromatic carbocycles. The van der Waals surface area contributed by atoms with E-state index < -0.39 is 6.85 Å². The van der Waals surface area contributed by atoms with Crippen molar-refractivity contribution in [3.05, 3.63) is 12.2 Å². The van der Waals surface area contributed by atoms with Crippen LogP contribution in [0.25, 0.3) is 0 Å². The van der Waals surface area contributed by atoms with Crippen molar-refractivity contribution in [3.8, 4) is 0 Å². The fraction of sp³-hybridized carbons (Fsp3) is 0.700. The third-order valence-corrected chi connectivity index (χ3v) is 1.29. The van der Waals surface area contributed by atoms with E-state index in [0.29, 0.717) is 19.4 Å². The number of hydrogen-bond acceptors (Lipinski definition) is 2. The Labute approximate surface area is 78.8 Å². The van der Waals surface area contributed by atoms with E-state index in [0.717, 1.165) is 6.42 Å². The monoisotopic (exact) mass is 173 g/mol. The molecular weight excluding hydrogens is 152 g/mol. The van der Waals surface area contributed by atoms with Crippen molar-refractivity contribution in [2.75, 3.05) is 6.61 Å². The first kappa shape index (κ1) is 6.70. The number of carbonyl (C=O) groups is 1. The fourth-order valence-corrected chi connectivity index (χ4v) is 0.718. The van der Waals surface area contributed by atoms with Crippen molar-refractivity contribution in [3.63, 3.8) is 0 Å². The van der Waals surface area contributed by atoms with E-state index in [4.69, 9.17) is 8.85 Å². The molecule has 0 amide bonds. The van der Waals surface area contributed by atoms with E-state index in [1.54, 1.807) is 12.2 Å². The van der Waals surface area contributed by atoms with Gasteiger partial charge in [-0.1, -0.05) is 25.9 Å². The van der Waals surface area contributed by atoms with Gasteiger partial charge in [-0.25, -0.2) is 0 Å². The lowest BCUT2D eigenvalue weighted by atomic mass is 10.3. The summed E-state index contributed by atoms with van der Waals surface area (Å²) in [5, 5.41) is 0. The Morgan fingerprint density at radius 2 is 2.42 bits per heavy atom. The molecule has 0 fully saturated rings. The molecule has 2 heteroatoms. The number of esters is 1. The van der Waals surface area contributed by atoms with Crippen LogP contribution in [0.2, 0.25) is 0 Å². The number of carbonyl (C=O) groups excluding carboxylic acids is 1. The van der Waals surface area contributed by atoms with Gasteiger partial charge >= 0.3 is 5.97 Å². The largest absolute Gasteiger partial charge is 0.465 e. The summed E-state index contributed by atoms with van der Waals surface area (Å²) in [7, 11) is 0. The van der Waals surface area contributed by atoms with Gasteiger partial charge in [0, 0.05) is 10.5 Å². The predicted molar refractivity (Wildman–Crippen MR) is 49.9 cm³/mol. The van der Waals surface area contributed by atoms with Crippen molar-refractivity contribution in [2.45, 2.75) is 39.5 Å². The molecule has 0 aliphatic rings. The van der Waals surface area contributed by atoms with Crippen LogP contribution in [-0.2, 0) is 9.53 Å². The quantitative estimate of drug-likeness (QED) is 0.350.